The van der Waals surface area contributed by atoms with Crippen molar-refractivity contribution < 1.29 is 9.47 Å². The number of benzene rings is 2. The molecule has 3 aliphatic rings. The second-order valence-corrected chi connectivity index (χ2v) is 6.95. The summed E-state index contributed by atoms with van der Waals surface area (Å²) in [6.07, 6.45) is 3.29. The fourth-order valence-corrected chi connectivity index (χ4v) is 4.89. The van der Waals surface area contributed by atoms with Gasteiger partial charge in [0.15, 0.2) is 0 Å². The summed E-state index contributed by atoms with van der Waals surface area (Å²) in [5.41, 5.74) is 4.16. The molecule has 1 unspecified atom stereocenters. The minimum Gasteiger partial charge on any atom is -0.373 e. The van der Waals surface area contributed by atoms with Crippen LogP contribution in [0.15, 0.2) is 54.6 Å². The Kier molecular flexibility index (Phi) is 2.59. The summed E-state index contributed by atoms with van der Waals surface area (Å²) in [6.45, 7) is 1.67. The molecule has 0 aromatic heterocycles. The fraction of sp³-hybridized carbons (Fsp3) is 0.400. The van der Waals surface area contributed by atoms with Gasteiger partial charge in [-0.25, -0.2) is 0 Å². The minimum absolute atomic E-state index is 0.137. The van der Waals surface area contributed by atoms with E-state index in [0.717, 1.165) is 32.5 Å². The van der Waals surface area contributed by atoms with Crippen LogP contribution in [0.4, 0.5) is 0 Å². The highest BCUT2D eigenvalue weighted by Gasteiger charge is 2.64. The molecule has 2 aromatic carbocycles. The predicted molar refractivity (Wildman–Crippen MR) is 84.6 cm³/mol. The van der Waals surface area contributed by atoms with Crippen LogP contribution in [0.2, 0.25) is 0 Å². The summed E-state index contributed by atoms with van der Waals surface area (Å²) < 4.78 is 12.8. The van der Waals surface area contributed by atoms with Crippen LogP contribution in [0.5, 0.6) is 0 Å². The molecule has 0 radical (unpaired) electrons. The van der Waals surface area contributed by atoms with Crippen molar-refractivity contribution >= 4 is 0 Å². The monoisotopic (exact) mass is 292 g/mol. The summed E-state index contributed by atoms with van der Waals surface area (Å²) >= 11 is 0. The molecule has 22 heavy (non-hydrogen) atoms. The van der Waals surface area contributed by atoms with Crippen molar-refractivity contribution in [2.75, 3.05) is 13.2 Å². The molecule has 0 bridgehead atoms. The van der Waals surface area contributed by atoms with Gasteiger partial charge in [0.1, 0.15) is 5.60 Å². The zero-order chi connectivity index (χ0) is 14.6. The van der Waals surface area contributed by atoms with Crippen LogP contribution < -0.4 is 0 Å². The first-order chi connectivity index (χ1) is 10.8. The van der Waals surface area contributed by atoms with E-state index in [1.807, 2.05) is 0 Å². The van der Waals surface area contributed by atoms with Crippen molar-refractivity contribution in [1.29, 1.82) is 0 Å². The third kappa shape index (κ3) is 1.52. The molecule has 0 amide bonds. The van der Waals surface area contributed by atoms with E-state index in [0.29, 0.717) is 0 Å². The topological polar surface area (TPSA) is 18.5 Å². The molecule has 3 atom stereocenters. The maximum Gasteiger partial charge on any atom is 0.104 e. The standard InChI is InChI=1S/C20H20O2/c1-2-6-15(7-3-1)18-13-20-17-9-5-4-8-16(17)12-19(20,14-21-18)10-11-22-20/h1-9,18H,10-14H2/t18-,19?,20-/m1/s1. The summed E-state index contributed by atoms with van der Waals surface area (Å²) in [4.78, 5) is 0. The Morgan fingerprint density at radius 1 is 0.955 bits per heavy atom. The third-order valence-electron chi connectivity index (χ3n) is 5.97. The van der Waals surface area contributed by atoms with Gasteiger partial charge in [-0.15, -0.1) is 0 Å². The van der Waals surface area contributed by atoms with E-state index < -0.39 is 0 Å². The summed E-state index contributed by atoms with van der Waals surface area (Å²) in [6, 6.07) is 19.4. The number of ether oxygens (including phenoxy) is 2. The lowest BCUT2D eigenvalue weighted by Gasteiger charge is -2.46. The zero-order valence-electron chi connectivity index (χ0n) is 12.6. The first-order valence-electron chi connectivity index (χ1n) is 8.22. The molecule has 2 nitrogen and oxygen atoms in total. The number of hydrogen-bond acceptors (Lipinski definition) is 2. The highest BCUT2D eigenvalue weighted by Crippen LogP contribution is 2.64. The van der Waals surface area contributed by atoms with Crippen LogP contribution in [-0.2, 0) is 21.5 Å². The Morgan fingerprint density at radius 3 is 2.68 bits per heavy atom. The SMILES string of the molecule is c1ccc([C@H]2C[C@]34OCCC3(CO2)Cc2ccccc24)cc1. The molecule has 112 valence electrons. The van der Waals surface area contributed by atoms with Crippen LogP contribution in [0.3, 0.4) is 0 Å². The molecule has 2 heteroatoms. The smallest absolute Gasteiger partial charge is 0.104 e. The first-order valence-corrected chi connectivity index (χ1v) is 8.22. The van der Waals surface area contributed by atoms with Gasteiger partial charge in [0.25, 0.3) is 0 Å². The molecule has 2 heterocycles. The fourth-order valence-electron chi connectivity index (χ4n) is 4.89. The Hall–Kier alpha value is -1.64. The highest BCUT2D eigenvalue weighted by atomic mass is 16.5. The molecular formula is C20H20O2. The van der Waals surface area contributed by atoms with E-state index in [4.69, 9.17) is 9.47 Å². The number of hydrogen-bond donors (Lipinski definition) is 0. The summed E-state index contributed by atoms with van der Waals surface area (Å²) in [7, 11) is 0. The van der Waals surface area contributed by atoms with Crippen molar-refractivity contribution in [2.45, 2.75) is 31.0 Å². The highest BCUT2D eigenvalue weighted by molar-refractivity contribution is 5.44. The molecular weight excluding hydrogens is 272 g/mol. The van der Waals surface area contributed by atoms with Gasteiger partial charge < -0.3 is 9.47 Å². The lowest BCUT2D eigenvalue weighted by Crippen LogP contribution is -2.48. The van der Waals surface area contributed by atoms with E-state index in [1.54, 1.807) is 0 Å². The van der Waals surface area contributed by atoms with Crippen molar-refractivity contribution in [3.8, 4) is 0 Å². The summed E-state index contributed by atoms with van der Waals surface area (Å²) in [5, 5.41) is 0. The van der Waals surface area contributed by atoms with E-state index in [1.165, 1.54) is 16.7 Å². The molecule has 0 spiro atoms. The van der Waals surface area contributed by atoms with E-state index >= 15 is 0 Å². The molecule has 5 rings (SSSR count). The van der Waals surface area contributed by atoms with Crippen molar-refractivity contribution in [1.82, 2.24) is 0 Å². The summed E-state index contributed by atoms with van der Waals surface area (Å²) in [5.74, 6) is 0. The molecule has 2 aromatic rings. The molecule has 2 saturated heterocycles. The van der Waals surface area contributed by atoms with Crippen molar-refractivity contribution in [3.63, 3.8) is 0 Å². The van der Waals surface area contributed by atoms with Crippen molar-refractivity contribution in [3.05, 3.63) is 71.3 Å². The van der Waals surface area contributed by atoms with Crippen molar-refractivity contribution in [2.24, 2.45) is 5.41 Å². The maximum absolute atomic E-state index is 6.46. The average molecular weight is 292 g/mol. The Bertz CT molecular complexity index is 711. The Labute approximate surface area is 131 Å². The lowest BCUT2D eigenvalue weighted by molar-refractivity contribution is -0.176. The van der Waals surface area contributed by atoms with Crippen LogP contribution in [0.1, 0.15) is 35.6 Å². The number of rotatable bonds is 1. The lowest BCUT2D eigenvalue weighted by atomic mass is 9.68. The third-order valence-corrected chi connectivity index (χ3v) is 5.97. The maximum atomic E-state index is 6.46. The van der Waals surface area contributed by atoms with Gasteiger partial charge in [0, 0.05) is 18.4 Å². The zero-order valence-corrected chi connectivity index (χ0v) is 12.6. The second kappa shape index (κ2) is 4.43. The van der Waals surface area contributed by atoms with E-state index in [2.05, 4.69) is 54.6 Å². The van der Waals surface area contributed by atoms with Gasteiger partial charge in [-0.05, 0) is 29.5 Å². The molecule has 2 aliphatic heterocycles. The van der Waals surface area contributed by atoms with Crippen LogP contribution in [0.25, 0.3) is 0 Å². The van der Waals surface area contributed by atoms with E-state index in [-0.39, 0.29) is 17.1 Å². The molecule has 1 aliphatic carbocycles. The molecule has 0 N–H and O–H groups in total. The molecule has 0 saturated carbocycles. The van der Waals surface area contributed by atoms with Crippen LogP contribution >= 0.6 is 0 Å². The van der Waals surface area contributed by atoms with E-state index in [9.17, 15) is 0 Å². The molecule has 2 fully saturated rings. The normalized spacial score (nSPS) is 35.7. The predicted octanol–water partition coefficient (Wildman–Crippen LogP) is 4.01. The van der Waals surface area contributed by atoms with Gasteiger partial charge in [-0.2, -0.15) is 0 Å². The van der Waals surface area contributed by atoms with Crippen LogP contribution in [0, 0.1) is 5.41 Å². The number of fused-ring (bicyclic) bond motifs is 1. The second-order valence-electron chi connectivity index (χ2n) is 6.95. The van der Waals surface area contributed by atoms with Crippen LogP contribution in [-0.4, -0.2) is 13.2 Å². The Morgan fingerprint density at radius 2 is 1.77 bits per heavy atom. The van der Waals surface area contributed by atoms with Gasteiger partial charge in [-0.1, -0.05) is 54.6 Å². The van der Waals surface area contributed by atoms with Gasteiger partial charge in [-0.3, -0.25) is 0 Å². The average Bonchev–Trinajstić information content (AvgIpc) is 3.07. The largest absolute Gasteiger partial charge is 0.373 e. The van der Waals surface area contributed by atoms with Gasteiger partial charge >= 0.3 is 0 Å². The first kappa shape index (κ1) is 12.9. The quantitative estimate of drug-likeness (QED) is 0.791. The van der Waals surface area contributed by atoms with Gasteiger partial charge in [0.05, 0.1) is 12.7 Å². The van der Waals surface area contributed by atoms with Gasteiger partial charge in [0.2, 0.25) is 0 Å². The minimum atomic E-state index is -0.137. The Balaban J connectivity index is 1.61.